The van der Waals surface area contributed by atoms with Gasteiger partial charge < -0.3 is 5.11 Å². The number of hydrogen-bond acceptors (Lipinski definition) is 2. The fourth-order valence-electron chi connectivity index (χ4n) is 3.87. The first kappa shape index (κ1) is 12.5. The van der Waals surface area contributed by atoms with Gasteiger partial charge in [0.05, 0.1) is 6.04 Å². The lowest BCUT2D eigenvalue weighted by atomic mass is 9.73. The Labute approximate surface area is 112 Å². The van der Waals surface area contributed by atoms with E-state index < -0.39 is 5.97 Å². The van der Waals surface area contributed by atoms with Gasteiger partial charge in [-0.15, -0.1) is 0 Å². The average Bonchev–Trinajstić information content (AvgIpc) is 2.57. The van der Waals surface area contributed by atoms with Crippen molar-refractivity contribution in [1.82, 2.24) is 4.90 Å². The predicted molar refractivity (Wildman–Crippen MR) is 70.2 cm³/mol. The Bertz CT molecular complexity index is 466. The molecule has 4 nitrogen and oxygen atoms in total. The summed E-state index contributed by atoms with van der Waals surface area (Å²) in [5.74, 6) is -0.0284. The number of aliphatic carboxylic acids is 1. The first-order chi connectivity index (χ1) is 9.18. The zero-order valence-corrected chi connectivity index (χ0v) is 10.9. The molecule has 1 aliphatic carbocycles. The van der Waals surface area contributed by atoms with Gasteiger partial charge in [-0.2, -0.15) is 0 Å². The Morgan fingerprint density at radius 3 is 2.84 bits per heavy atom. The van der Waals surface area contributed by atoms with Crippen molar-refractivity contribution < 1.29 is 14.7 Å². The first-order valence-corrected chi connectivity index (χ1v) is 7.12. The van der Waals surface area contributed by atoms with Crippen LogP contribution in [0.3, 0.4) is 0 Å². The molecule has 0 radical (unpaired) electrons. The van der Waals surface area contributed by atoms with E-state index in [0.29, 0.717) is 18.3 Å². The van der Waals surface area contributed by atoms with E-state index in [2.05, 4.69) is 0 Å². The van der Waals surface area contributed by atoms with Gasteiger partial charge in [0.15, 0.2) is 0 Å². The summed E-state index contributed by atoms with van der Waals surface area (Å²) in [6, 6.07) is -0.0450. The van der Waals surface area contributed by atoms with Gasteiger partial charge in [0.25, 0.3) is 0 Å². The number of amides is 1. The molecule has 0 spiro atoms. The Hall–Kier alpha value is -1.58. The maximum Gasteiger partial charge on any atom is 0.352 e. The molecular weight excluding hydrogens is 242 g/mol. The van der Waals surface area contributed by atoms with E-state index in [0.717, 1.165) is 12.8 Å². The van der Waals surface area contributed by atoms with Gasteiger partial charge in [-0.25, -0.2) is 4.79 Å². The summed E-state index contributed by atoms with van der Waals surface area (Å²) in [7, 11) is 0. The molecule has 3 aliphatic rings. The number of carbonyl (C=O) groups is 2. The highest BCUT2D eigenvalue weighted by molar-refractivity contribution is 5.94. The minimum atomic E-state index is -1.00. The van der Waals surface area contributed by atoms with Gasteiger partial charge in [-0.05, 0) is 30.8 Å². The molecule has 0 aromatic heterocycles. The lowest BCUT2D eigenvalue weighted by Crippen LogP contribution is -2.45. The highest BCUT2D eigenvalue weighted by Crippen LogP contribution is 2.41. The quantitative estimate of drug-likeness (QED) is 0.788. The van der Waals surface area contributed by atoms with Crippen LogP contribution in [0.1, 0.15) is 38.5 Å². The molecule has 0 bridgehead atoms. The van der Waals surface area contributed by atoms with Gasteiger partial charge in [0, 0.05) is 6.42 Å². The second-order valence-electron chi connectivity index (χ2n) is 5.74. The fourth-order valence-corrected chi connectivity index (χ4v) is 3.87. The van der Waals surface area contributed by atoms with E-state index in [4.69, 9.17) is 0 Å². The lowest BCUT2D eigenvalue weighted by Gasteiger charge is -2.39. The lowest BCUT2D eigenvalue weighted by molar-refractivity contribution is -0.140. The summed E-state index contributed by atoms with van der Waals surface area (Å²) in [6.45, 7) is 0. The molecule has 1 saturated carbocycles. The van der Waals surface area contributed by atoms with Gasteiger partial charge >= 0.3 is 5.97 Å². The van der Waals surface area contributed by atoms with Crippen LogP contribution in [0, 0.1) is 11.8 Å². The molecule has 3 unspecified atom stereocenters. The Kier molecular flexibility index (Phi) is 3.17. The molecule has 3 rings (SSSR count). The van der Waals surface area contributed by atoms with E-state index in [1.165, 1.54) is 19.3 Å². The molecule has 4 heteroatoms. The van der Waals surface area contributed by atoms with Crippen molar-refractivity contribution >= 4 is 11.9 Å². The molecule has 19 heavy (non-hydrogen) atoms. The van der Waals surface area contributed by atoms with Crippen molar-refractivity contribution in [3.63, 3.8) is 0 Å². The largest absolute Gasteiger partial charge is 0.477 e. The molecular formula is C15H19NO3. The third-order valence-electron chi connectivity index (χ3n) is 4.74. The molecule has 1 amide bonds. The van der Waals surface area contributed by atoms with Crippen LogP contribution in [0.2, 0.25) is 0 Å². The minimum Gasteiger partial charge on any atom is -0.477 e. The molecule has 2 heterocycles. The van der Waals surface area contributed by atoms with Crippen LogP contribution < -0.4 is 0 Å². The van der Waals surface area contributed by atoms with E-state index in [9.17, 15) is 14.7 Å². The molecule has 3 atom stereocenters. The van der Waals surface area contributed by atoms with Crippen molar-refractivity contribution in [2.75, 3.05) is 0 Å². The number of nitrogens with zero attached hydrogens (tertiary/aromatic N) is 1. The van der Waals surface area contributed by atoms with Crippen LogP contribution in [0.25, 0.3) is 0 Å². The highest BCUT2D eigenvalue weighted by Gasteiger charge is 2.42. The van der Waals surface area contributed by atoms with Gasteiger partial charge in [-0.3, -0.25) is 9.69 Å². The van der Waals surface area contributed by atoms with E-state index in [-0.39, 0.29) is 17.6 Å². The summed E-state index contributed by atoms with van der Waals surface area (Å²) in [6.07, 6.45) is 11.5. The Morgan fingerprint density at radius 1 is 1.26 bits per heavy atom. The van der Waals surface area contributed by atoms with Gasteiger partial charge in [0.2, 0.25) is 5.91 Å². The van der Waals surface area contributed by atoms with Crippen LogP contribution >= 0.6 is 0 Å². The minimum absolute atomic E-state index is 0.0302. The maximum atomic E-state index is 12.3. The number of carboxylic acids is 1. The van der Waals surface area contributed by atoms with Crippen molar-refractivity contribution in [2.24, 2.45) is 11.8 Å². The average molecular weight is 261 g/mol. The van der Waals surface area contributed by atoms with E-state index in [1.54, 1.807) is 17.1 Å². The van der Waals surface area contributed by atoms with Gasteiger partial charge in [0.1, 0.15) is 5.70 Å². The van der Waals surface area contributed by atoms with Crippen molar-refractivity contribution in [2.45, 2.75) is 44.6 Å². The molecule has 1 N–H and O–H groups in total. The summed E-state index contributed by atoms with van der Waals surface area (Å²) in [5, 5.41) is 9.29. The standard InChI is InChI=1S/C15H19NO3/c17-14-9-8-10-4-1-2-5-11(10)12-6-3-7-13(15(18)19)16(12)14/h3,6-7,10-12H,1-2,4-5,8-9H2,(H,18,19). The first-order valence-electron chi connectivity index (χ1n) is 7.12. The SMILES string of the molecule is O=C(O)C1=CC=CC2C3CCCCC3CCC(=O)N12. The van der Waals surface area contributed by atoms with Gasteiger partial charge in [-0.1, -0.05) is 31.4 Å². The summed E-state index contributed by atoms with van der Waals surface area (Å²) in [5.41, 5.74) is 0.142. The molecule has 0 aromatic rings. The van der Waals surface area contributed by atoms with Crippen molar-refractivity contribution in [3.05, 3.63) is 23.9 Å². The number of fused-ring (bicyclic) bond motifs is 3. The van der Waals surface area contributed by atoms with Crippen LogP contribution in [-0.2, 0) is 9.59 Å². The summed E-state index contributed by atoms with van der Waals surface area (Å²) in [4.78, 5) is 25.2. The molecule has 2 aliphatic heterocycles. The third kappa shape index (κ3) is 2.09. The fraction of sp³-hybridized carbons (Fsp3) is 0.600. The number of carboxylic acid groups (broad SMARTS) is 1. The third-order valence-corrected chi connectivity index (χ3v) is 4.74. The van der Waals surface area contributed by atoms with Crippen molar-refractivity contribution in [1.29, 1.82) is 0 Å². The zero-order chi connectivity index (χ0) is 13.4. The topological polar surface area (TPSA) is 57.6 Å². The second-order valence-corrected chi connectivity index (χ2v) is 5.74. The van der Waals surface area contributed by atoms with E-state index >= 15 is 0 Å². The van der Waals surface area contributed by atoms with Crippen LogP contribution in [-0.4, -0.2) is 27.9 Å². The summed E-state index contributed by atoms with van der Waals surface area (Å²) < 4.78 is 0. The second kappa shape index (κ2) is 4.83. The van der Waals surface area contributed by atoms with Crippen molar-refractivity contribution in [3.8, 4) is 0 Å². The molecule has 102 valence electrons. The number of hydrogen-bond donors (Lipinski definition) is 1. The summed E-state index contributed by atoms with van der Waals surface area (Å²) >= 11 is 0. The Balaban J connectivity index is 1.97. The van der Waals surface area contributed by atoms with Crippen LogP contribution in [0.5, 0.6) is 0 Å². The zero-order valence-electron chi connectivity index (χ0n) is 10.9. The normalized spacial score (nSPS) is 34.1. The molecule has 2 fully saturated rings. The highest BCUT2D eigenvalue weighted by atomic mass is 16.4. The van der Waals surface area contributed by atoms with Crippen LogP contribution in [0.4, 0.5) is 0 Å². The Morgan fingerprint density at radius 2 is 2.05 bits per heavy atom. The number of carbonyl (C=O) groups excluding carboxylic acids is 1. The predicted octanol–water partition coefficient (Wildman–Crippen LogP) is 2.32. The number of rotatable bonds is 1. The van der Waals surface area contributed by atoms with Crippen LogP contribution in [0.15, 0.2) is 23.9 Å². The number of allylic oxidation sites excluding steroid dienone is 2. The molecule has 1 saturated heterocycles. The smallest absolute Gasteiger partial charge is 0.352 e. The maximum absolute atomic E-state index is 12.3. The monoisotopic (exact) mass is 261 g/mol. The van der Waals surface area contributed by atoms with E-state index in [1.807, 2.05) is 6.08 Å². The molecule has 0 aromatic carbocycles.